The monoisotopic (exact) mass is 373 g/mol. The van der Waals surface area contributed by atoms with Gasteiger partial charge in [0.15, 0.2) is 10.8 Å². The molecule has 2 aromatic heterocycles. The maximum absolute atomic E-state index is 12.5. The number of aromatic nitrogens is 2. The molecule has 0 aliphatic heterocycles. The van der Waals surface area contributed by atoms with Crippen molar-refractivity contribution >= 4 is 39.7 Å². The van der Waals surface area contributed by atoms with Crippen molar-refractivity contribution in [3.05, 3.63) is 51.6 Å². The quantitative estimate of drug-likeness (QED) is 0.701. The molecule has 0 radical (unpaired) electrons. The minimum atomic E-state index is -0.541. The van der Waals surface area contributed by atoms with Crippen LogP contribution in [0.2, 0.25) is 0 Å². The number of nitrogens with one attached hydrogen (secondary N) is 1. The molecule has 3 aromatic rings. The van der Waals surface area contributed by atoms with Gasteiger partial charge in [0.1, 0.15) is 4.88 Å². The first-order valence-electron chi connectivity index (χ1n) is 7.39. The Hall–Kier alpha value is -2.58. The highest BCUT2D eigenvalue weighted by Crippen LogP contribution is 2.34. The Balaban J connectivity index is 1.95. The Morgan fingerprint density at radius 2 is 1.80 bits per heavy atom. The summed E-state index contributed by atoms with van der Waals surface area (Å²) < 4.78 is 4.81. The molecule has 1 aromatic carbocycles. The van der Waals surface area contributed by atoms with Gasteiger partial charge in [-0.3, -0.25) is 10.1 Å². The van der Waals surface area contributed by atoms with Crippen LogP contribution in [0.1, 0.15) is 30.9 Å². The van der Waals surface area contributed by atoms with Gasteiger partial charge in [0.05, 0.1) is 22.7 Å². The molecule has 0 saturated carbocycles. The highest BCUT2D eigenvalue weighted by molar-refractivity contribution is 7.19. The Labute approximate surface area is 152 Å². The molecule has 0 fully saturated rings. The summed E-state index contributed by atoms with van der Waals surface area (Å²) in [5, 5.41) is 3.92. The number of nitrogens with zero attached hydrogens (tertiary/aromatic N) is 2. The number of benzene rings is 1. The summed E-state index contributed by atoms with van der Waals surface area (Å²) in [6.45, 7) is 3.64. The smallest absolute Gasteiger partial charge is 0.358 e. The first-order chi connectivity index (χ1) is 12.0. The molecule has 0 spiro atoms. The standard InChI is InChI=1S/C17H15N3O3S2/c1-9-13(24-10(2)18-9)15(21)20-17-19-12(16(22)23-3)14(25-17)11-7-5-4-6-8-11/h4-8H,1-3H3,(H,19,20,21). The molecule has 0 saturated heterocycles. The number of amides is 1. The summed E-state index contributed by atoms with van der Waals surface area (Å²) in [4.78, 5) is 34.2. The second-order valence-corrected chi connectivity index (χ2v) is 7.36. The van der Waals surface area contributed by atoms with Crippen molar-refractivity contribution in [2.75, 3.05) is 12.4 Å². The fourth-order valence-electron chi connectivity index (χ4n) is 2.29. The first-order valence-corrected chi connectivity index (χ1v) is 9.03. The molecule has 6 nitrogen and oxygen atoms in total. The number of rotatable bonds is 4. The van der Waals surface area contributed by atoms with Gasteiger partial charge in [-0.15, -0.1) is 11.3 Å². The Morgan fingerprint density at radius 1 is 1.08 bits per heavy atom. The number of hydrogen-bond donors (Lipinski definition) is 1. The number of hydrogen-bond acceptors (Lipinski definition) is 7. The fraction of sp³-hybridized carbons (Fsp3) is 0.176. The van der Waals surface area contributed by atoms with Gasteiger partial charge in [0.2, 0.25) is 0 Å². The van der Waals surface area contributed by atoms with Gasteiger partial charge in [0.25, 0.3) is 5.91 Å². The Morgan fingerprint density at radius 3 is 2.40 bits per heavy atom. The molecule has 3 rings (SSSR count). The zero-order valence-corrected chi connectivity index (χ0v) is 15.5. The number of carbonyl (C=O) groups is 2. The van der Waals surface area contributed by atoms with E-state index in [1.165, 1.54) is 29.8 Å². The van der Waals surface area contributed by atoms with E-state index in [0.29, 0.717) is 20.6 Å². The highest BCUT2D eigenvalue weighted by atomic mass is 32.1. The topological polar surface area (TPSA) is 81.2 Å². The summed E-state index contributed by atoms with van der Waals surface area (Å²) in [5.41, 5.74) is 1.70. The number of carbonyl (C=O) groups excluding carboxylic acids is 2. The van der Waals surface area contributed by atoms with Crippen molar-refractivity contribution in [3.63, 3.8) is 0 Å². The van der Waals surface area contributed by atoms with Crippen LogP contribution >= 0.6 is 22.7 Å². The van der Waals surface area contributed by atoms with Crippen molar-refractivity contribution < 1.29 is 14.3 Å². The third-order valence-electron chi connectivity index (χ3n) is 3.37. The van der Waals surface area contributed by atoms with Gasteiger partial charge in [0, 0.05) is 0 Å². The van der Waals surface area contributed by atoms with Gasteiger partial charge < -0.3 is 4.74 Å². The Bertz CT molecular complexity index is 932. The number of esters is 1. The van der Waals surface area contributed by atoms with Crippen LogP contribution in [0.4, 0.5) is 5.13 Å². The van der Waals surface area contributed by atoms with Crippen molar-refractivity contribution in [2.24, 2.45) is 0 Å². The SMILES string of the molecule is COC(=O)c1nc(NC(=O)c2sc(C)nc2C)sc1-c1ccccc1. The number of ether oxygens (including phenoxy) is 1. The van der Waals surface area contributed by atoms with E-state index >= 15 is 0 Å². The molecular formula is C17H15N3O3S2. The van der Waals surface area contributed by atoms with E-state index in [1.54, 1.807) is 6.92 Å². The second-order valence-electron chi connectivity index (χ2n) is 5.16. The maximum Gasteiger partial charge on any atom is 0.358 e. The lowest BCUT2D eigenvalue weighted by Crippen LogP contribution is -2.12. The van der Waals surface area contributed by atoms with E-state index in [4.69, 9.17) is 4.74 Å². The molecule has 0 aliphatic rings. The van der Waals surface area contributed by atoms with Crippen LogP contribution in [0.5, 0.6) is 0 Å². The average Bonchev–Trinajstić information content (AvgIpc) is 3.18. The fourth-order valence-corrected chi connectivity index (χ4v) is 4.06. The minimum absolute atomic E-state index is 0.186. The van der Waals surface area contributed by atoms with Gasteiger partial charge in [-0.05, 0) is 19.4 Å². The van der Waals surface area contributed by atoms with Gasteiger partial charge in [-0.25, -0.2) is 14.8 Å². The van der Waals surface area contributed by atoms with Crippen LogP contribution < -0.4 is 5.32 Å². The number of thiazole rings is 2. The average molecular weight is 373 g/mol. The summed E-state index contributed by atoms with van der Waals surface area (Å²) in [5.74, 6) is -0.826. The summed E-state index contributed by atoms with van der Waals surface area (Å²) in [6, 6.07) is 9.39. The number of anilines is 1. The molecule has 25 heavy (non-hydrogen) atoms. The predicted octanol–water partition coefficient (Wildman–Crippen LogP) is 3.92. The van der Waals surface area contributed by atoms with Crippen LogP contribution in [-0.2, 0) is 4.74 Å². The molecule has 0 aliphatic carbocycles. The third kappa shape index (κ3) is 3.59. The minimum Gasteiger partial charge on any atom is -0.464 e. The van der Waals surface area contributed by atoms with Crippen LogP contribution in [-0.4, -0.2) is 29.0 Å². The number of methoxy groups -OCH3 is 1. The molecule has 0 unspecified atom stereocenters. The molecule has 0 bridgehead atoms. The van der Waals surface area contributed by atoms with Crippen molar-refractivity contribution in [3.8, 4) is 10.4 Å². The molecule has 1 N–H and O–H groups in total. The summed E-state index contributed by atoms with van der Waals surface area (Å²) in [6.07, 6.45) is 0. The lowest BCUT2D eigenvalue weighted by molar-refractivity contribution is 0.0595. The maximum atomic E-state index is 12.5. The third-order valence-corrected chi connectivity index (χ3v) is 5.46. The van der Waals surface area contributed by atoms with Gasteiger partial charge in [-0.2, -0.15) is 0 Å². The largest absolute Gasteiger partial charge is 0.464 e. The molecule has 2 heterocycles. The van der Waals surface area contributed by atoms with Crippen molar-refractivity contribution in [2.45, 2.75) is 13.8 Å². The van der Waals surface area contributed by atoms with E-state index in [0.717, 1.165) is 10.6 Å². The second kappa shape index (κ2) is 7.12. The number of aryl methyl sites for hydroxylation is 2. The van der Waals surface area contributed by atoms with Crippen molar-refractivity contribution in [1.29, 1.82) is 0 Å². The van der Waals surface area contributed by atoms with E-state index in [1.807, 2.05) is 37.3 Å². The van der Waals surface area contributed by atoms with Crippen molar-refractivity contribution in [1.82, 2.24) is 9.97 Å². The van der Waals surface area contributed by atoms with E-state index in [9.17, 15) is 9.59 Å². The normalized spacial score (nSPS) is 10.5. The zero-order chi connectivity index (χ0) is 18.0. The molecule has 8 heteroatoms. The van der Waals surface area contributed by atoms with Crippen LogP contribution in [0.3, 0.4) is 0 Å². The van der Waals surface area contributed by atoms with E-state index in [2.05, 4.69) is 15.3 Å². The van der Waals surface area contributed by atoms with Gasteiger partial charge >= 0.3 is 5.97 Å². The van der Waals surface area contributed by atoms with E-state index < -0.39 is 5.97 Å². The lowest BCUT2D eigenvalue weighted by Gasteiger charge is -1.99. The van der Waals surface area contributed by atoms with Gasteiger partial charge in [-0.1, -0.05) is 41.7 Å². The van der Waals surface area contributed by atoms with Crippen LogP contribution in [0.15, 0.2) is 30.3 Å². The zero-order valence-electron chi connectivity index (χ0n) is 13.8. The summed E-state index contributed by atoms with van der Waals surface area (Å²) >= 11 is 2.55. The molecule has 0 atom stereocenters. The molecule has 128 valence electrons. The van der Waals surface area contributed by atoms with E-state index in [-0.39, 0.29) is 11.6 Å². The highest BCUT2D eigenvalue weighted by Gasteiger charge is 2.22. The predicted molar refractivity (Wildman–Crippen MR) is 98.4 cm³/mol. The van der Waals surface area contributed by atoms with Crippen LogP contribution in [0, 0.1) is 13.8 Å². The molecular weight excluding hydrogens is 358 g/mol. The first kappa shape index (κ1) is 17.2. The Kier molecular flexibility index (Phi) is 4.91. The molecule has 1 amide bonds. The lowest BCUT2D eigenvalue weighted by atomic mass is 10.1. The summed E-state index contributed by atoms with van der Waals surface area (Å²) in [7, 11) is 1.30. The van der Waals surface area contributed by atoms with Crippen LogP contribution in [0.25, 0.3) is 10.4 Å².